The average Bonchev–Trinajstić information content (AvgIpc) is 3.20. The molecule has 196 valence electrons. The molecule has 7 nitrogen and oxygen atoms in total. The van der Waals surface area contributed by atoms with Crippen LogP contribution < -0.4 is 19.6 Å². The number of amides is 1. The smallest absolute Gasteiger partial charge is 0.291 e. The highest BCUT2D eigenvalue weighted by molar-refractivity contribution is 6.31. The number of hydrogen-bond donors (Lipinski definition) is 0. The van der Waals surface area contributed by atoms with Crippen LogP contribution in [0.1, 0.15) is 53.6 Å². The minimum Gasteiger partial charge on any atom is -0.497 e. The van der Waals surface area contributed by atoms with Crippen molar-refractivity contribution in [2.75, 3.05) is 20.3 Å². The lowest BCUT2D eigenvalue weighted by molar-refractivity contribution is 0.0714. The van der Waals surface area contributed by atoms with Crippen LogP contribution in [0.5, 0.6) is 17.2 Å². The van der Waals surface area contributed by atoms with E-state index in [4.69, 9.17) is 30.2 Å². The SMILES string of the molecule is CCCOc1ccc(C2c3c(oc4ccc(Cl)cc4c3=O)C(=O)N2Cc2ccc(OC)cc2)cc1OCC. The zero-order valence-electron chi connectivity index (χ0n) is 21.5. The Kier molecular flexibility index (Phi) is 7.29. The Morgan fingerprint density at radius 3 is 2.45 bits per heavy atom. The van der Waals surface area contributed by atoms with E-state index < -0.39 is 6.04 Å². The van der Waals surface area contributed by atoms with Crippen molar-refractivity contribution in [2.24, 2.45) is 0 Å². The van der Waals surface area contributed by atoms with Crippen molar-refractivity contribution in [3.8, 4) is 17.2 Å². The molecule has 4 aromatic rings. The summed E-state index contributed by atoms with van der Waals surface area (Å²) in [5.41, 5.74) is 1.90. The maximum absolute atomic E-state index is 13.8. The second kappa shape index (κ2) is 10.8. The van der Waals surface area contributed by atoms with Gasteiger partial charge < -0.3 is 23.5 Å². The predicted molar refractivity (Wildman–Crippen MR) is 146 cm³/mol. The molecule has 1 atom stereocenters. The van der Waals surface area contributed by atoms with E-state index in [1.165, 1.54) is 0 Å². The van der Waals surface area contributed by atoms with Crippen LogP contribution in [0.3, 0.4) is 0 Å². The number of fused-ring (bicyclic) bond motifs is 2. The van der Waals surface area contributed by atoms with Gasteiger partial charge in [0.15, 0.2) is 16.9 Å². The minimum absolute atomic E-state index is 0.0348. The van der Waals surface area contributed by atoms with E-state index in [1.807, 2.05) is 56.3 Å². The van der Waals surface area contributed by atoms with Gasteiger partial charge in [-0.25, -0.2) is 0 Å². The van der Waals surface area contributed by atoms with Crippen LogP contribution in [-0.4, -0.2) is 31.1 Å². The number of halogens is 1. The summed E-state index contributed by atoms with van der Waals surface area (Å²) in [4.78, 5) is 29.3. The Morgan fingerprint density at radius 1 is 0.947 bits per heavy atom. The predicted octanol–water partition coefficient (Wildman–Crippen LogP) is 6.39. The highest BCUT2D eigenvalue weighted by atomic mass is 35.5. The summed E-state index contributed by atoms with van der Waals surface area (Å²) in [5, 5.41) is 0.741. The number of hydrogen-bond acceptors (Lipinski definition) is 6. The number of carbonyl (C=O) groups is 1. The number of methoxy groups -OCH3 is 1. The second-order valence-corrected chi connectivity index (χ2v) is 9.42. The number of rotatable bonds is 9. The largest absolute Gasteiger partial charge is 0.497 e. The maximum atomic E-state index is 13.8. The lowest BCUT2D eigenvalue weighted by Crippen LogP contribution is -2.29. The monoisotopic (exact) mass is 533 g/mol. The Balaban J connectivity index is 1.67. The third kappa shape index (κ3) is 4.70. The van der Waals surface area contributed by atoms with E-state index in [0.717, 1.165) is 12.0 Å². The molecular weight excluding hydrogens is 506 g/mol. The third-order valence-electron chi connectivity index (χ3n) is 6.48. The summed E-state index contributed by atoms with van der Waals surface area (Å²) in [6.45, 7) is 5.16. The van der Waals surface area contributed by atoms with Crippen LogP contribution in [0.2, 0.25) is 5.02 Å². The molecule has 0 bridgehead atoms. The van der Waals surface area contributed by atoms with Crippen molar-refractivity contribution >= 4 is 28.5 Å². The molecule has 5 rings (SSSR count). The number of carbonyl (C=O) groups excluding carboxylic acids is 1. The first kappa shape index (κ1) is 25.7. The molecule has 0 aliphatic carbocycles. The Hall–Kier alpha value is -3.97. The summed E-state index contributed by atoms with van der Waals surface area (Å²) in [7, 11) is 1.60. The van der Waals surface area contributed by atoms with E-state index >= 15 is 0 Å². The van der Waals surface area contributed by atoms with E-state index in [1.54, 1.807) is 30.2 Å². The topological polar surface area (TPSA) is 78.2 Å². The van der Waals surface area contributed by atoms with Crippen LogP contribution >= 0.6 is 11.6 Å². The van der Waals surface area contributed by atoms with Crippen LogP contribution in [0, 0.1) is 0 Å². The molecule has 2 heterocycles. The normalized spacial score (nSPS) is 14.6. The molecule has 1 aliphatic heterocycles. The van der Waals surface area contributed by atoms with Crippen molar-refractivity contribution in [1.82, 2.24) is 4.90 Å². The average molecular weight is 534 g/mol. The van der Waals surface area contributed by atoms with Gasteiger partial charge in [-0.3, -0.25) is 9.59 Å². The van der Waals surface area contributed by atoms with Crippen molar-refractivity contribution in [3.05, 3.63) is 98.4 Å². The number of ether oxygens (including phenoxy) is 3. The fourth-order valence-corrected chi connectivity index (χ4v) is 4.90. The number of benzene rings is 3. The van der Waals surface area contributed by atoms with E-state index in [-0.39, 0.29) is 29.2 Å². The molecule has 3 aromatic carbocycles. The Labute approximate surface area is 225 Å². The van der Waals surface area contributed by atoms with Gasteiger partial charge in [-0.1, -0.05) is 36.7 Å². The molecule has 0 N–H and O–H groups in total. The molecule has 0 radical (unpaired) electrons. The van der Waals surface area contributed by atoms with E-state index in [9.17, 15) is 9.59 Å². The summed E-state index contributed by atoms with van der Waals surface area (Å²) in [5.74, 6) is 1.55. The third-order valence-corrected chi connectivity index (χ3v) is 6.72. The van der Waals surface area contributed by atoms with Gasteiger partial charge in [0.05, 0.1) is 37.3 Å². The summed E-state index contributed by atoms with van der Waals surface area (Å²) in [6, 6.07) is 17.1. The first-order valence-electron chi connectivity index (χ1n) is 12.5. The molecule has 1 aliphatic rings. The molecule has 0 spiro atoms. The fraction of sp³-hybridized carbons (Fsp3) is 0.267. The highest BCUT2D eigenvalue weighted by Gasteiger charge is 2.43. The van der Waals surface area contributed by atoms with Gasteiger partial charge in [-0.05, 0) is 66.9 Å². The quantitative estimate of drug-likeness (QED) is 0.248. The van der Waals surface area contributed by atoms with Gasteiger partial charge in [0.1, 0.15) is 11.3 Å². The zero-order valence-corrected chi connectivity index (χ0v) is 22.2. The zero-order chi connectivity index (χ0) is 26.8. The van der Waals surface area contributed by atoms with Gasteiger partial charge >= 0.3 is 0 Å². The van der Waals surface area contributed by atoms with Crippen LogP contribution in [0.15, 0.2) is 69.9 Å². The minimum atomic E-state index is -0.696. The van der Waals surface area contributed by atoms with Crippen molar-refractivity contribution in [3.63, 3.8) is 0 Å². The fourth-order valence-electron chi connectivity index (χ4n) is 4.72. The lowest BCUT2D eigenvalue weighted by Gasteiger charge is -2.26. The highest BCUT2D eigenvalue weighted by Crippen LogP contribution is 2.42. The molecule has 0 saturated carbocycles. The summed E-state index contributed by atoms with van der Waals surface area (Å²) in [6.07, 6.45) is 0.851. The van der Waals surface area contributed by atoms with Gasteiger partial charge in [-0.15, -0.1) is 0 Å². The molecule has 0 fully saturated rings. The van der Waals surface area contributed by atoms with Gasteiger partial charge in [0.25, 0.3) is 5.91 Å². The molecule has 1 unspecified atom stereocenters. The van der Waals surface area contributed by atoms with Gasteiger partial charge in [-0.2, -0.15) is 0 Å². The first-order chi connectivity index (χ1) is 18.4. The summed E-state index contributed by atoms with van der Waals surface area (Å²) >= 11 is 6.20. The van der Waals surface area contributed by atoms with Crippen molar-refractivity contribution < 1.29 is 23.4 Å². The van der Waals surface area contributed by atoms with E-state index in [0.29, 0.717) is 52.0 Å². The standard InChI is InChI=1S/C30H28ClNO6/c1-4-14-37-24-12-8-19(15-25(24)36-5-2)27-26-28(33)22-16-20(31)9-13-23(22)38-29(26)30(34)32(27)17-18-6-10-21(35-3)11-7-18/h6-13,15-16,27H,4-5,14,17H2,1-3H3. The lowest BCUT2D eigenvalue weighted by atomic mass is 9.97. The molecule has 1 amide bonds. The first-order valence-corrected chi connectivity index (χ1v) is 12.9. The molecular formula is C30H28ClNO6. The summed E-state index contributed by atoms with van der Waals surface area (Å²) < 4.78 is 23.1. The molecule has 38 heavy (non-hydrogen) atoms. The molecule has 1 aromatic heterocycles. The van der Waals surface area contributed by atoms with Crippen LogP contribution in [0.4, 0.5) is 0 Å². The van der Waals surface area contributed by atoms with E-state index in [2.05, 4.69) is 0 Å². The molecule has 8 heteroatoms. The van der Waals surface area contributed by atoms with Gasteiger partial charge in [0.2, 0.25) is 5.76 Å². The van der Waals surface area contributed by atoms with Crippen LogP contribution in [0.25, 0.3) is 11.0 Å². The van der Waals surface area contributed by atoms with Crippen molar-refractivity contribution in [2.45, 2.75) is 32.9 Å². The Bertz CT molecular complexity index is 1550. The maximum Gasteiger partial charge on any atom is 0.291 e. The second-order valence-electron chi connectivity index (χ2n) is 8.99. The van der Waals surface area contributed by atoms with Crippen molar-refractivity contribution in [1.29, 1.82) is 0 Å². The Morgan fingerprint density at radius 2 is 1.74 bits per heavy atom. The van der Waals surface area contributed by atoms with Crippen LogP contribution in [-0.2, 0) is 6.54 Å². The molecule has 0 saturated heterocycles. The van der Waals surface area contributed by atoms with Gasteiger partial charge in [0, 0.05) is 11.6 Å². The number of nitrogens with zero attached hydrogens (tertiary/aromatic N) is 1.